The first-order valence-corrected chi connectivity index (χ1v) is 14.5. The van der Waals surface area contributed by atoms with Crippen molar-refractivity contribution >= 4 is 26.1 Å². The van der Waals surface area contributed by atoms with Crippen LogP contribution in [0.15, 0.2) is 40.3 Å². The fraction of sp³-hybridized carbons (Fsp3) is 0.704. The Bertz CT molecular complexity index is 618. The van der Waals surface area contributed by atoms with Crippen LogP contribution in [-0.2, 0) is 0 Å². The van der Waals surface area contributed by atoms with E-state index < -0.39 is 0 Å². The second-order valence-corrected chi connectivity index (χ2v) is 12.4. The summed E-state index contributed by atoms with van der Waals surface area (Å²) in [6.45, 7) is 3.33. The summed E-state index contributed by atoms with van der Waals surface area (Å²) in [5.41, 5.74) is 2.05. The molecule has 0 atom stereocenters. The number of hydrogen-bond acceptors (Lipinski definition) is 0. The van der Waals surface area contributed by atoms with Crippen molar-refractivity contribution in [2.75, 3.05) is 0 Å². The Balaban J connectivity index is 1.74. The molecule has 0 heterocycles. The Kier molecular flexibility index (Phi) is 8.44. The van der Waals surface area contributed by atoms with E-state index in [1.165, 1.54) is 96.3 Å². The summed E-state index contributed by atoms with van der Waals surface area (Å²) in [6, 6.07) is 11.5. The van der Waals surface area contributed by atoms with Gasteiger partial charge >= 0.3 is 187 Å². The first kappa shape index (κ1) is 21.8. The summed E-state index contributed by atoms with van der Waals surface area (Å²) in [4.78, 5) is 0. The van der Waals surface area contributed by atoms with Crippen molar-refractivity contribution < 1.29 is 0 Å². The maximum absolute atomic E-state index is 2.40. The van der Waals surface area contributed by atoms with Crippen LogP contribution in [0.3, 0.4) is 0 Å². The van der Waals surface area contributed by atoms with Crippen LogP contribution >= 0.6 is 0 Å². The molecule has 29 heavy (non-hydrogen) atoms. The van der Waals surface area contributed by atoms with E-state index in [1.807, 2.05) is 4.47 Å². The predicted molar refractivity (Wildman–Crippen MR) is 131 cm³/mol. The Hall–Kier alpha value is -0.456. The van der Waals surface area contributed by atoms with Gasteiger partial charge in [-0.15, -0.1) is 0 Å². The van der Waals surface area contributed by atoms with Crippen LogP contribution in [0.2, 0.25) is 11.6 Å². The Labute approximate surface area is 186 Å². The summed E-state index contributed by atoms with van der Waals surface area (Å²) in [5, 5.41) is 0. The summed E-state index contributed by atoms with van der Waals surface area (Å²) in [6.07, 6.45) is 22.2. The second-order valence-electron chi connectivity index (χ2n) is 9.99. The summed E-state index contributed by atoms with van der Waals surface area (Å²) in [5.74, 6) is 2.95. The molecule has 0 radical (unpaired) electrons. The Morgan fingerprint density at radius 1 is 0.828 bits per heavy atom. The molecule has 3 saturated carbocycles. The van der Waals surface area contributed by atoms with Gasteiger partial charge in [-0.2, -0.15) is 0 Å². The van der Waals surface area contributed by atoms with E-state index in [0.717, 1.165) is 24.3 Å². The quantitative estimate of drug-likeness (QED) is 0.337. The number of allylic oxidation sites excluding steroid dienone is 2. The van der Waals surface area contributed by atoms with Gasteiger partial charge in [0, 0.05) is 0 Å². The van der Waals surface area contributed by atoms with Gasteiger partial charge in [0.05, 0.1) is 0 Å². The molecule has 0 unspecified atom stereocenters. The molecule has 3 aliphatic rings. The van der Waals surface area contributed by atoms with Crippen LogP contribution in [0.1, 0.15) is 103 Å². The molecule has 0 spiro atoms. The SMILES string of the molecule is CCCC/C([Se]c1ccccc1)=C(/B(C1CCCC1)C1CCCC1)C1CCCC1. The van der Waals surface area contributed by atoms with Crippen LogP contribution in [0.4, 0.5) is 0 Å². The van der Waals surface area contributed by atoms with E-state index in [0.29, 0.717) is 15.0 Å². The van der Waals surface area contributed by atoms with E-state index in [1.54, 1.807) is 4.46 Å². The fourth-order valence-electron chi connectivity index (χ4n) is 6.67. The monoisotopic (exact) mass is 456 g/mol. The van der Waals surface area contributed by atoms with Gasteiger partial charge in [0.1, 0.15) is 0 Å². The molecular weight excluding hydrogens is 414 g/mol. The fourth-order valence-corrected chi connectivity index (χ4v) is 9.28. The third-order valence-electron chi connectivity index (χ3n) is 8.03. The van der Waals surface area contributed by atoms with Gasteiger partial charge in [0.25, 0.3) is 0 Å². The van der Waals surface area contributed by atoms with Crippen molar-refractivity contribution in [3.63, 3.8) is 0 Å². The minimum atomic E-state index is 0.532. The third-order valence-corrected chi connectivity index (χ3v) is 10.5. The molecule has 4 rings (SSSR count). The first-order chi connectivity index (χ1) is 14.4. The van der Waals surface area contributed by atoms with Gasteiger partial charge < -0.3 is 0 Å². The van der Waals surface area contributed by atoms with Crippen LogP contribution in [0, 0.1) is 5.92 Å². The average Bonchev–Trinajstić information content (AvgIpc) is 3.53. The number of hydrogen-bond donors (Lipinski definition) is 0. The molecule has 0 aromatic heterocycles. The molecule has 158 valence electrons. The molecule has 0 bridgehead atoms. The van der Waals surface area contributed by atoms with Crippen molar-refractivity contribution in [2.24, 2.45) is 5.92 Å². The zero-order valence-electron chi connectivity index (χ0n) is 18.7. The Morgan fingerprint density at radius 2 is 1.38 bits per heavy atom. The van der Waals surface area contributed by atoms with Crippen molar-refractivity contribution in [3.05, 3.63) is 40.3 Å². The molecule has 2 heteroatoms. The van der Waals surface area contributed by atoms with Crippen LogP contribution < -0.4 is 4.46 Å². The van der Waals surface area contributed by atoms with E-state index in [2.05, 4.69) is 42.7 Å². The first-order valence-electron chi connectivity index (χ1n) is 12.8. The van der Waals surface area contributed by atoms with E-state index in [4.69, 9.17) is 0 Å². The van der Waals surface area contributed by atoms with Gasteiger partial charge in [-0.3, -0.25) is 0 Å². The zero-order chi connectivity index (χ0) is 19.9. The topological polar surface area (TPSA) is 0 Å². The van der Waals surface area contributed by atoms with Gasteiger partial charge in [0.2, 0.25) is 0 Å². The standard InChI is InChI=1S/C27H41BSe/c1-2-3-21-26(29-25-19-5-4-6-20-25)27(22-13-7-8-14-22)28(23-15-9-10-16-23)24-17-11-12-18-24/h4-6,19-20,22-24H,2-3,7-18,21H2,1H3/b27-26-. The van der Waals surface area contributed by atoms with Crippen molar-refractivity contribution in [3.8, 4) is 0 Å². The van der Waals surface area contributed by atoms with Gasteiger partial charge in [0.15, 0.2) is 0 Å². The van der Waals surface area contributed by atoms with Gasteiger partial charge in [-0.25, -0.2) is 0 Å². The van der Waals surface area contributed by atoms with Crippen molar-refractivity contribution in [2.45, 2.75) is 115 Å². The average molecular weight is 455 g/mol. The zero-order valence-corrected chi connectivity index (χ0v) is 20.4. The van der Waals surface area contributed by atoms with E-state index in [9.17, 15) is 0 Å². The van der Waals surface area contributed by atoms with Gasteiger partial charge in [-0.1, -0.05) is 0 Å². The van der Waals surface area contributed by atoms with E-state index in [-0.39, 0.29) is 0 Å². The Morgan fingerprint density at radius 3 is 1.93 bits per heavy atom. The molecular formula is C27H41BSe. The minimum absolute atomic E-state index is 0.532. The molecule has 1 aromatic carbocycles. The normalized spacial score (nSPS) is 22.4. The van der Waals surface area contributed by atoms with Crippen LogP contribution in [0.25, 0.3) is 0 Å². The molecule has 0 saturated heterocycles. The third kappa shape index (κ3) is 5.62. The molecule has 3 fully saturated rings. The van der Waals surface area contributed by atoms with Crippen LogP contribution in [-0.4, -0.2) is 21.7 Å². The second kappa shape index (κ2) is 11.2. The summed E-state index contributed by atoms with van der Waals surface area (Å²) < 4.78 is 3.56. The number of benzene rings is 1. The molecule has 0 aliphatic heterocycles. The molecule has 0 nitrogen and oxygen atoms in total. The molecule has 1 aromatic rings. The number of unbranched alkanes of at least 4 members (excludes halogenated alkanes) is 1. The van der Waals surface area contributed by atoms with E-state index >= 15 is 0 Å². The maximum atomic E-state index is 2.40. The predicted octanol–water partition coefficient (Wildman–Crippen LogP) is 7.57. The van der Waals surface area contributed by atoms with Gasteiger partial charge in [-0.05, 0) is 0 Å². The molecule has 0 amide bonds. The van der Waals surface area contributed by atoms with Crippen molar-refractivity contribution in [1.29, 1.82) is 0 Å². The molecule has 3 aliphatic carbocycles. The van der Waals surface area contributed by atoms with Crippen LogP contribution in [0.5, 0.6) is 0 Å². The molecule has 0 N–H and O–H groups in total. The number of rotatable bonds is 9. The van der Waals surface area contributed by atoms with Crippen molar-refractivity contribution in [1.82, 2.24) is 0 Å². The summed E-state index contributed by atoms with van der Waals surface area (Å²) in [7, 11) is 0. The summed E-state index contributed by atoms with van der Waals surface area (Å²) >= 11 is 0.532.